The Morgan fingerprint density at radius 1 is 1.89 bits per heavy atom. The van der Waals surface area contributed by atoms with E-state index in [1.807, 2.05) is 6.92 Å². The van der Waals surface area contributed by atoms with Gasteiger partial charge in [-0.1, -0.05) is 0 Å². The van der Waals surface area contributed by atoms with Crippen molar-refractivity contribution in [2.75, 3.05) is 13.2 Å². The molecule has 0 bridgehead atoms. The topological polar surface area (TPSA) is 38.3 Å². The first-order valence-corrected chi connectivity index (χ1v) is 3.24. The Morgan fingerprint density at radius 2 is 2.56 bits per heavy atom. The first kappa shape index (κ1) is 6.55. The van der Waals surface area contributed by atoms with Crippen LogP contribution in [-0.2, 0) is 9.53 Å². The average Bonchev–Trinajstić information content (AvgIpc) is 1.60. The van der Waals surface area contributed by atoms with E-state index >= 15 is 0 Å². The van der Waals surface area contributed by atoms with Crippen LogP contribution in [0.5, 0.6) is 0 Å². The highest BCUT2D eigenvalue weighted by atomic mass is 16.5. The molecule has 9 heavy (non-hydrogen) atoms. The van der Waals surface area contributed by atoms with Crippen LogP contribution in [-0.4, -0.2) is 25.2 Å². The molecule has 0 aromatic rings. The number of esters is 1. The quantitative estimate of drug-likeness (QED) is 0.529. The Bertz CT molecular complexity index is 110. The lowest BCUT2D eigenvalue weighted by molar-refractivity contribution is -0.147. The number of hydrogen-bond acceptors (Lipinski definition) is 3. The highest BCUT2D eigenvalue weighted by Gasteiger charge is 2.25. The first-order valence-electron chi connectivity index (χ1n) is 3.24. The fourth-order valence-corrected chi connectivity index (χ4v) is 0.733. The Hall–Kier alpha value is -0.570. The van der Waals surface area contributed by atoms with Crippen molar-refractivity contribution in [1.29, 1.82) is 0 Å². The van der Waals surface area contributed by atoms with E-state index in [4.69, 9.17) is 4.74 Å². The molecule has 1 aliphatic rings. The van der Waals surface area contributed by atoms with Crippen LogP contribution in [0.4, 0.5) is 0 Å². The van der Waals surface area contributed by atoms with Crippen LogP contribution >= 0.6 is 0 Å². The zero-order valence-electron chi connectivity index (χ0n) is 5.52. The zero-order chi connectivity index (χ0) is 6.69. The molecule has 1 rings (SSSR count). The van der Waals surface area contributed by atoms with E-state index in [-0.39, 0.29) is 12.0 Å². The molecule has 1 fully saturated rings. The zero-order valence-corrected chi connectivity index (χ0v) is 5.52. The monoisotopic (exact) mass is 129 g/mol. The smallest absolute Gasteiger partial charge is 0.323 e. The molecule has 0 amide bonds. The minimum atomic E-state index is -0.108. The third-order valence-corrected chi connectivity index (χ3v) is 1.39. The van der Waals surface area contributed by atoms with Crippen LogP contribution in [0.1, 0.15) is 13.3 Å². The van der Waals surface area contributed by atoms with Crippen LogP contribution in [0.15, 0.2) is 0 Å². The Morgan fingerprint density at radius 3 is 2.89 bits per heavy atom. The van der Waals surface area contributed by atoms with Crippen LogP contribution in [0.3, 0.4) is 0 Å². The van der Waals surface area contributed by atoms with Crippen LogP contribution in [0.25, 0.3) is 0 Å². The highest BCUT2D eigenvalue weighted by Crippen LogP contribution is 2.02. The normalized spacial score (nSPS) is 24.8. The van der Waals surface area contributed by atoms with Crippen LogP contribution < -0.4 is 5.32 Å². The summed E-state index contributed by atoms with van der Waals surface area (Å²) in [5.41, 5.74) is 0. The van der Waals surface area contributed by atoms with Crippen molar-refractivity contribution in [3.05, 3.63) is 0 Å². The van der Waals surface area contributed by atoms with Crippen molar-refractivity contribution in [3.63, 3.8) is 0 Å². The van der Waals surface area contributed by atoms with E-state index in [2.05, 4.69) is 5.32 Å². The van der Waals surface area contributed by atoms with Gasteiger partial charge < -0.3 is 10.1 Å². The molecule has 0 aliphatic carbocycles. The molecule has 0 saturated carbocycles. The number of ether oxygens (including phenoxy) is 1. The van der Waals surface area contributed by atoms with Crippen molar-refractivity contribution in [2.24, 2.45) is 0 Å². The molecule has 0 aromatic heterocycles. The van der Waals surface area contributed by atoms with Crippen molar-refractivity contribution >= 4 is 5.97 Å². The van der Waals surface area contributed by atoms with Crippen molar-refractivity contribution in [2.45, 2.75) is 19.4 Å². The van der Waals surface area contributed by atoms with Crippen molar-refractivity contribution < 1.29 is 9.53 Å². The summed E-state index contributed by atoms with van der Waals surface area (Å²) in [5, 5.41) is 2.96. The van der Waals surface area contributed by atoms with Gasteiger partial charge in [-0.15, -0.1) is 0 Å². The average molecular weight is 129 g/mol. The molecular formula is C6H11NO2. The van der Waals surface area contributed by atoms with Gasteiger partial charge in [0.2, 0.25) is 0 Å². The second-order valence-electron chi connectivity index (χ2n) is 2.05. The van der Waals surface area contributed by atoms with E-state index in [1.54, 1.807) is 0 Å². The number of hydrogen-bond donors (Lipinski definition) is 1. The Kier molecular flexibility index (Phi) is 2.05. The summed E-state index contributed by atoms with van der Waals surface area (Å²) in [7, 11) is 0. The number of nitrogens with one attached hydrogen (secondary N) is 1. The standard InChI is InChI=1S/C6H11NO2/c1-2-9-6(8)5-3-4-7-5/h5,7H,2-4H2,1H3/t5-/m0/s1. The molecule has 1 N–H and O–H groups in total. The molecular weight excluding hydrogens is 118 g/mol. The molecule has 0 spiro atoms. The first-order chi connectivity index (χ1) is 4.34. The summed E-state index contributed by atoms with van der Waals surface area (Å²) in [5.74, 6) is -0.108. The predicted octanol–water partition coefficient (Wildman–Crippen LogP) is -0.0886. The Labute approximate surface area is 54.4 Å². The van der Waals surface area contributed by atoms with Crippen LogP contribution in [0.2, 0.25) is 0 Å². The fourth-order valence-electron chi connectivity index (χ4n) is 0.733. The molecule has 1 aliphatic heterocycles. The summed E-state index contributed by atoms with van der Waals surface area (Å²) >= 11 is 0. The second kappa shape index (κ2) is 2.82. The maximum absolute atomic E-state index is 10.7. The summed E-state index contributed by atoms with van der Waals surface area (Å²) < 4.78 is 4.74. The lowest BCUT2D eigenvalue weighted by Gasteiger charge is -2.24. The number of rotatable bonds is 2. The maximum Gasteiger partial charge on any atom is 0.323 e. The molecule has 52 valence electrons. The van der Waals surface area contributed by atoms with Gasteiger partial charge in [0.05, 0.1) is 6.61 Å². The van der Waals surface area contributed by atoms with Gasteiger partial charge in [-0.25, -0.2) is 0 Å². The van der Waals surface area contributed by atoms with Gasteiger partial charge in [-0.2, -0.15) is 0 Å². The summed E-state index contributed by atoms with van der Waals surface area (Å²) in [6.07, 6.45) is 0.929. The molecule has 1 atom stereocenters. The third-order valence-electron chi connectivity index (χ3n) is 1.39. The minimum absolute atomic E-state index is 0.00931. The number of carbonyl (C=O) groups is 1. The lowest BCUT2D eigenvalue weighted by Crippen LogP contribution is -2.49. The van der Waals surface area contributed by atoms with E-state index in [9.17, 15) is 4.79 Å². The van der Waals surface area contributed by atoms with E-state index in [1.165, 1.54) is 0 Å². The van der Waals surface area contributed by atoms with E-state index < -0.39 is 0 Å². The third kappa shape index (κ3) is 1.42. The second-order valence-corrected chi connectivity index (χ2v) is 2.05. The molecule has 3 heteroatoms. The molecule has 3 nitrogen and oxygen atoms in total. The molecule has 1 heterocycles. The van der Waals surface area contributed by atoms with Gasteiger partial charge in [0.1, 0.15) is 6.04 Å². The molecule has 0 radical (unpaired) electrons. The summed E-state index contributed by atoms with van der Waals surface area (Å²) in [6.45, 7) is 3.25. The largest absolute Gasteiger partial charge is 0.465 e. The fraction of sp³-hybridized carbons (Fsp3) is 0.833. The summed E-state index contributed by atoms with van der Waals surface area (Å²) in [6, 6.07) is -0.00931. The maximum atomic E-state index is 10.7. The summed E-state index contributed by atoms with van der Waals surface area (Å²) in [4.78, 5) is 10.7. The Balaban J connectivity index is 2.16. The minimum Gasteiger partial charge on any atom is -0.465 e. The van der Waals surface area contributed by atoms with Crippen molar-refractivity contribution in [1.82, 2.24) is 5.32 Å². The van der Waals surface area contributed by atoms with E-state index in [0.717, 1.165) is 13.0 Å². The number of carbonyl (C=O) groups excluding carboxylic acids is 1. The van der Waals surface area contributed by atoms with Gasteiger partial charge in [0, 0.05) is 0 Å². The van der Waals surface area contributed by atoms with E-state index in [0.29, 0.717) is 6.61 Å². The van der Waals surface area contributed by atoms with Crippen molar-refractivity contribution in [3.8, 4) is 0 Å². The van der Waals surface area contributed by atoms with Crippen LogP contribution in [0, 0.1) is 0 Å². The SMILES string of the molecule is CCOC(=O)[C@@H]1CCN1. The van der Waals surface area contributed by atoms with Gasteiger partial charge in [0.15, 0.2) is 0 Å². The molecule has 1 saturated heterocycles. The molecule has 0 unspecified atom stereocenters. The predicted molar refractivity (Wildman–Crippen MR) is 33.0 cm³/mol. The highest BCUT2D eigenvalue weighted by molar-refractivity contribution is 5.76. The van der Waals surface area contributed by atoms with Gasteiger partial charge in [0.25, 0.3) is 0 Å². The lowest BCUT2D eigenvalue weighted by atomic mass is 10.1. The van der Waals surface area contributed by atoms with Gasteiger partial charge in [-0.05, 0) is 19.9 Å². The van der Waals surface area contributed by atoms with Gasteiger partial charge >= 0.3 is 5.97 Å². The van der Waals surface area contributed by atoms with Gasteiger partial charge in [-0.3, -0.25) is 4.79 Å². The molecule has 0 aromatic carbocycles.